The van der Waals surface area contributed by atoms with E-state index in [1.165, 1.54) is 24.3 Å². The van der Waals surface area contributed by atoms with Crippen LogP contribution in [0.4, 0.5) is 23.2 Å². The van der Waals surface area contributed by atoms with Crippen LogP contribution in [0.25, 0.3) is 0 Å². The van der Waals surface area contributed by atoms with Crippen LogP contribution in [0.5, 0.6) is 0 Å². The van der Waals surface area contributed by atoms with Crippen molar-refractivity contribution in [2.24, 2.45) is 11.7 Å². The van der Waals surface area contributed by atoms with Crippen molar-refractivity contribution < 1.29 is 22.4 Å². The number of hydrogen-bond acceptors (Lipinski definition) is 2. The summed E-state index contributed by atoms with van der Waals surface area (Å²) in [5.74, 6) is -1.58. The number of amides is 1. The molecule has 2 aromatic carbocycles. The number of hydrogen-bond donors (Lipinski definition) is 2. The molecule has 3 N–H and O–H groups in total. The Morgan fingerprint density at radius 3 is 2.54 bits per heavy atom. The Morgan fingerprint density at radius 1 is 1.23 bits per heavy atom. The molecular formula is C18H17ClF4N2O. The van der Waals surface area contributed by atoms with Gasteiger partial charge in [-0.2, -0.15) is 13.2 Å². The maximum Gasteiger partial charge on any atom is 0.416 e. The van der Waals surface area contributed by atoms with Crippen molar-refractivity contribution in [3.05, 3.63) is 64.4 Å². The molecule has 0 bridgehead atoms. The number of halogens is 5. The molecule has 0 spiro atoms. The molecule has 2 atom stereocenters. The molecule has 140 valence electrons. The van der Waals surface area contributed by atoms with E-state index in [9.17, 15) is 22.4 Å². The SMILES string of the molecule is C[C@H](C[C@H](N)c1cccc(C(F)(F)F)c1)C(=O)Nc1ccc(F)c(Cl)c1. The first-order valence-corrected chi connectivity index (χ1v) is 8.14. The van der Waals surface area contributed by atoms with Gasteiger partial charge in [-0.3, -0.25) is 4.79 Å². The fourth-order valence-corrected chi connectivity index (χ4v) is 2.59. The van der Waals surface area contributed by atoms with Gasteiger partial charge in [-0.15, -0.1) is 0 Å². The van der Waals surface area contributed by atoms with Crippen LogP contribution in [0.2, 0.25) is 5.02 Å². The number of carbonyl (C=O) groups is 1. The summed E-state index contributed by atoms with van der Waals surface area (Å²) in [7, 11) is 0. The molecule has 3 nitrogen and oxygen atoms in total. The maximum absolute atomic E-state index is 13.1. The highest BCUT2D eigenvalue weighted by molar-refractivity contribution is 6.31. The number of benzene rings is 2. The van der Waals surface area contributed by atoms with Crippen molar-refractivity contribution in [3.8, 4) is 0 Å². The second-order valence-corrected chi connectivity index (χ2v) is 6.39. The third-order valence-corrected chi connectivity index (χ3v) is 4.17. The van der Waals surface area contributed by atoms with Crippen LogP contribution >= 0.6 is 11.6 Å². The van der Waals surface area contributed by atoms with Gasteiger partial charge in [0, 0.05) is 17.6 Å². The zero-order valence-corrected chi connectivity index (χ0v) is 14.5. The van der Waals surface area contributed by atoms with Gasteiger partial charge in [0.25, 0.3) is 0 Å². The first kappa shape index (κ1) is 20.2. The standard InChI is InChI=1S/C18H17ClF4N2O/c1-10(17(26)25-13-5-6-15(20)14(19)9-13)7-16(24)11-3-2-4-12(8-11)18(21,22)23/h2-6,8-10,16H,7,24H2,1H3,(H,25,26)/t10-,16+/m1/s1. The van der Waals surface area contributed by atoms with E-state index in [1.54, 1.807) is 6.92 Å². The summed E-state index contributed by atoms with van der Waals surface area (Å²) in [6, 6.07) is 7.73. The second kappa shape index (κ2) is 8.05. The molecule has 8 heteroatoms. The van der Waals surface area contributed by atoms with E-state index < -0.39 is 35.4 Å². The Morgan fingerprint density at radius 2 is 1.92 bits per heavy atom. The highest BCUT2D eigenvalue weighted by Gasteiger charge is 2.31. The van der Waals surface area contributed by atoms with Crippen molar-refractivity contribution in [3.63, 3.8) is 0 Å². The van der Waals surface area contributed by atoms with E-state index in [2.05, 4.69) is 5.32 Å². The number of nitrogens with two attached hydrogens (primary N) is 1. The monoisotopic (exact) mass is 388 g/mol. The molecule has 0 saturated carbocycles. The number of nitrogens with one attached hydrogen (secondary N) is 1. The lowest BCUT2D eigenvalue weighted by atomic mass is 9.95. The van der Waals surface area contributed by atoms with Gasteiger partial charge in [0.15, 0.2) is 0 Å². The summed E-state index contributed by atoms with van der Waals surface area (Å²) in [5, 5.41) is 2.45. The summed E-state index contributed by atoms with van der Waals surface area (Å²) in [6.45, 7) is 1.61. The lowest BCUT2D eigenvalue weighted by molar-refractivity contribution is -0.137. The van der Waals surface area contributed by atoms with Crippen LogP contribution in [0.3, 0.4) is 0 Å². The fraction of sp³-hybridized carbons (Fsp3) is 0.278. The van der Waals surface area contributed by atoms with Gasteiger partial charge in [0.2, 0.25) is 5.91 Å². The summed E-state index contributed by atoms with van der Waals surface area (Å²) in [5.41, 5.74) is 5.79. The van der Waals surface area contributed by atoms with Crippen molar-refractivity contribution in [2.45, 2.75) is 25.6 Å². The van der Waals surface area contributed by atoms with Crippen molar-refractivity contribution in [2.75, 3.05) is 5.32 Å². The van der Waals surface area contributed by atoms with E-state index in [0.29, 0.717) is 11.3 Å². The van der Waals surface area contributed by atoms with Crippen molar-refractivity contribution in [1.82, 2.24) is 0 Å². The van der Waals surface area contributed by atoms with E-state index in [0.717, 1.165) is 18.2 Å². The summed E-state index contributed by atoms with van der Waals surface area (Å²) in [6.07, 6.45) is -4.32. The van der Waals surface area contributed by atoms with Crippen LogP contribution in [-0.4, -0.2) is 5.91 Å². The average Bonchev–Trinajstić information content (AvgIpc) is 2.57. The van der Waals surface area contributed by atoms with Crippen LogP contribution in [0.15, 0.2) is 42.5 Å². The molecule has 1 amide bonds. The lowest BCUT2D eigenvalue weighted by Gasteiger charge is -2.18. The lowest BCUT2D eigenvalue weighted by Crippen LogP contribution is -2.25. The molecule has 0 aliphatic carbocycles. The molecule has 26 heavy (non-hydrogen) atoms. The predicted molar refractivity (Wildman–Crippen MR) is 92.2 cm³/mol. The van der Waals surface area contributed by atoms with Crippen LogP contribution in [-0.2, 0) is 11.0 Å². The minimum absolute atomic E-state index is 0.129. The molecule has 2 rings (SSSR count). The quantitative estimate of drug-likeness (QED) is 0.695. The van der Waals surface area contributed by atoms with Gasteiger partial charge < -0.3 is 11.1 Å². The minimum Gasteiger partial charge on any atom is -0.326 e. The third-order valence-electron chi connectivity index (χ3n) is 3.88. The van der Waals surface area contributed by atoms with Gasteiger partial charge in [0.1, 0.15) is 5.82 Å². The van der Waals surface area contributed by atoms with E-state index in [4.69, 9.17) is 17.3 Å². The number of carbonyl (C=O) groups excluding carboxylic acids is 1. The molecule has 0 aromatic heterocycles. The van der Waals surface area contributed by atoms with Gasteiger partial charge in [-0.05, 0) is 42.3 Å². The number of rotatable bonds is 5. The molecule has 0 radical (unpaired) electrons. The van der Waals surface area contributed by atoms with Crippen LogP contribution < -0.4 is 11.1 Å². The van der Waals surface area contributed by atoms with Gasteiger partial charge in [-0.25, -0.2) is 4.39 Å². The van der Waals surface area contributed by atoms with Crippen LogP contribution in [0, 0.1) is 11.7 Å². The van der Waals surface area contributed by atoms with Gasteiger partial charge >= 0.3 is 6.18 Å². The highest BCUT2D eigenvalue weighted by atomic mass is 35.5. The number of alkyl halides is 3. The first-order valence-electron chi connectivity index (χ1n) is 7.76. The number of anilines is 1. The third kappa shape index (κ3) is 5.19. The van der Waals surface area contributed by atoms with Crippen molar-refractivity contribution in [1.29, 1.82) is 0 Å². The molecule has 0 aliphatic rings. The second-order valence-electron chi connectivity index (χ2n) is 5.98. The fourth-order valence-electron chi connectivity index (χ4n) is 2.41. The Labute approximate surface area is 153 Å². The molecule has 0 heterocycles. The highest BCUT2D eigenvalue weighted by Crippen LogP contribution is 2.31. The van der Waals surface area contributed by atoms with Crippen LogP contribution in [0.1, 0.15) is 30.5 Å². The summed E-state index contributed by atoms with van der Waals surface area (Å²) < 4.78 is 51.5. The smallest absolute Gasteiger partial charge is 0.326 e. The zero-order valence-electron chi connectivity index (χ0n) is 13.8. The Hall–Kier alpha value is -2.12. The largest absolute Gasteiger partial charge is 0.416 e. The average molecular weight is 389 g/mol. The minimum atomic E-state index is -4.46. The Kier molecular flexibility index (Phi) is 6.26. The van der Waals surface area contributed by atoms with E-state index in [-0.39, 0.29) is 11.4 Å². The van der Waals surface area contributed by atoms with Gasteiger partial charge in [-0.1, -0.05) is 30.7 Å². The molecule has 2 aromatic rings. The topological polar surface area (TPSA) is 55.1 Å². The van der Waals surface area contributed by atoms with E-state index >= 15 is 0 Å². The summed E-state index contributed by atoms with van der Waals surface area (Å²) >= 11 is 5.65. The molecule has 0 saturated heterocycles. The normalized spacial score (nSPS) is 14.0. The Balaban J connectivity index is 2.03. The zero-order chi connectivity index (χ0) is 19.5. The van der Waals surface area contributed by atoms with E-state index in [1.807, 2.05) is 0 Å². The Bertz CT molecular complexity index is 795. The molecule has 0 aliphatic heterocycles. The first-order chi connectivity index (χ1) is 12.1. The molecule has 0 fully saturated rings. The van der Waals surface area contributed by atoms with Gasteiger partial charge in [0.05, 0.1) is 10.6 Å². The predicted octanol–water partition coefficient (Wildman–Crippen LogP) is 5.16. The molecule has 0 unspecified atom stereocenters. The molecular weight excluding hydrogens is 372 g/mol. The summed E-state index contributed by atoms with van der Waals surface area (Å²) in [4.78, 5) is 12.2. The van der Waals surface area contributed by atoms with Crippen molar-refractivity contribution >= 4 is 23.2 Å². The maximum atomic E-state index is 13.1.